The topological polar surface area (TPSA) is 52.6 Å². The van der Waals surface area contributed by atoms with Gasteiger partial charge in [0.2, 0.25) is 5.91 Å². The molecule has 2 fully saturated rings. The van der Waals surface area contributed by atoms with Crippen LogP contribution in [0.2, 0.25) is 0 Å². The number of aliphatic hydroxyl groups is 1. The second-order valence-electron chi connectivity index (χ2n) is 7.40. The minimum atomic E-state index is -0.00656. The highest BCUT2D eigenvalue weighted by Crippen LogP contribution is 2.25. The Kier molecular flexibility index (Phi) is 7.16. The maximum absolute atomic E-state index is 12.5. The van der Waals surface area contributed by atoms with E-state index in [1.54, 1.807) is 0 Å². The SMILES string of the molecule is C[C@@H]1CCCC[C@H]1NC(=O)[C@H](C)N1CCC(CCCO)CC1. The molecule has 0 spiro atoms. The van der Waals surface area contributed by atoms with E-state index in [4.69, 9.17) is 5.11 Å². The molecule has 4 heteroatoms. The van der Waals surface area contributed by atoms with Crippen LogP contribution in [0.4, 0.5) is 0 Å². The summed E-state index contributed by atoms with van der Waals surface area (Å²) in [6.07, 6.45) is 9.32. The van der Waals surface area contributed by atoms with Crippen molar-refractivity contribution in [2.24, 2.45) is 11.8 Å². The van der Waals surface area contributed by atoms with E-state index >= 15 is 0 Å². The van der Waals surface area contributed by atoms with Gasteiger partial charge in [0.1, 0.15) is 0 Å². The van der Waals surface area contributed by atoms with Gasteiger partial charge in [-0.25, -0.2) is 0 Å². The quantitative estimate of drug-likeness (QED) is 0.793. The van der Waals surface area contributed by atoms with E-state index in [-0.39, 0.29) is 11.9 Å². The van der Waals surface area contributed by atoms with Gasteiger partial charge >= 0.3 is 0 Å². The lowest BCUT2D eigenvalue weighted by atomic mass is 9.85. The number of likely N-dealkylation sites (tertiary alicyclic amines) is 1. The Bertz CT molecular complexity index is 340. The zero-order valence-corrected chi connectivity index (χ0v) is 14.4. The van der Waals surface area contributed by atoms with Gasteiger partial charge in [0.25, 0.3) is 0 Å². The van der Waals surface area contributed by atoms with Crippen molar-refractivity contribution in [2.45, 2.75) is 77.3 Å². The zero-order valence-electron chi connectivity index (χ0n) is 14.4. The van der Waals surface area contributed by atoms with Gasteiger partial charge in [-0.15, -0.1) is 0 Å². The van der Waals surface area contributed by atoms with Crippen LogP contribution in [-0.2, 0) is 4.79 Å². The molecular formula is C18H34N2O2. The predicted molar refractivity (Wildman–Crippen MR) is 89.6 cm³/mol. The van der Waals surface area contributed by atoms with Gasteiger partial charge in [-0.3, -0.25) is 9.69 Å². The summed E-state index contributed by atoms with van der Waals surface area (Å²) in [5.41, 5.74) is 0. The van der Waals surface area contributed by atoms with E-state index in [9.17, 15) is 4.79 Å². The van der Waals surface area contributed by atoms with Crippen LogP contribution in [0.3, 0.4) is 0 Å². The van der Waals surface area contributed by atoms with Gasteiger partial charge in [-0.1, -0.05) is 19.8 Å². The van der Waals surface area contributed by atoms with E-state index in [0.29, 0.717) is 18.6 Å². The molecule has 0 unspecified atom stereocenters. The van der Waals surface area contributed by atoms with E-state index in [1.165, 1.54) is 19.3 Å². The van der Waals surface area contributed by atoms with Gasteiger partial charge in [-0.05, 0) is 70.4 Å². The standard InChI is InChI=1S/C18H34N2O2/c1-14-6-3-4-8-17(14)19-18(22)15(2)20-11-9-16(10-12-20)7-5-13-21/h14-17,21H,3-13H2,1-2H3,(H,19,22)/t14-,15+,17-/m1/s1. The molecule has 2 rings (SSSR count). The van der Waals surface area contributed by atoms with Crippen molar-refractivity contribution in [3.05, 3.63) is 0 Å². The van der Waals surface area contributed by atoms with E-state index < -0.39 is 0 Å². The smallest absolute Gasteiger partial charge is 0.237 e. The zero-order chi connectivity index (χ0) is 15.9. The van der Waals surface area contributed by atoms with Crippen LogP contribution in [0.25, 0.3) is 0 Å². The summed E-state index contributed by atoms with van der Waals surface area (Å²) in [5.74, 6) is 1.57. The van der Waals surface area contributed by atoms with Crippen LogP contribution in [0.5, 0.6) is 0 Å². The van der Waals surface area contributed by atoms with Crippen molar-refractivity contribution in [1.82, 2.24) is 10.2 Å². The number of piperidine rings is 1. The molecular weight excluding hydrogens is 276 g/mol. The Labute approximate surface area is 135 Å². The minimum Gasteiger partial charge on any atom is -0.396 e. The maximum Gasteiger partial charge on any atom is 0.237 e. The Morgan fingerprint density at radius 3 is 2.55 bits per heavy atom. The summed E-state index contributed by atoms with van der Waals surface area (Å²) in [7, 11) is 0. The van der Waals surface area contributed by atoms with Crippen molar-refractivity contribution in [3.63, 3.8) is 0 Å². The third-order valence-electron chi connectivity index (χ3n) is 5.79. The van der Waals surface area contributed by atoms with Crippen LogP contribution >= 0.6 is 0 Å². The molecule has 0 aromatic carbocycles. The Hall–Kier alpha value is -0.610. The first kappa shape index (κ1) is 17.7. The van der Waals surface area contributed by atoms with Crippen LogP contribution in [0.15, 0.2) is 0 Å². The molecule has 0 radical (unpaired) electrons. The first-order chi connectivity index (χ1) is 10.6. The van der Waals surface area contributed by atoms with Gasteiger partial charge < -0.3 is 10.4 Å². The molecule has 2 N–H and O–H groups in total. The summed E-state index contributed by atoms with van der Waals surface area (Å²) >= 11 is 0. The van der Waals surface area contributed by atoms with Crippen LogP contribution in [0.1, 0.15) is 65.2 Å². The molecule has 1 saturated heterocycles. The van der Waals surface area contributed by atoms with Gasteiger partial charge in [0, 0.05) is 12.6 Å². The lowest BCUT2D eigenvalue weighted by molar-refractivity contribution is -0.127. The largest absolute Gasteiger partial charge is 0.396 e. The lowest BCUT2D eigenvalue weighted by Crippen LogP contribution is -2.52. The highest BCUT2D eigenvalue weighted by atomic mass is 16.2. The number of aliphatic hydroxyl groups excluding tert-OH is 1. The number of carbonyl (C=O) groups is 1. The second-order valence-corrected chi connectivity index (χ2v) is 7.40. The number of amides is 1. The van der Waals surface area contributed by atoms with Crippen LogP contribution in [-0.4, -0.2) is 47.7 Å². The lowest BCUT2D eigenvalue weighted by Gasteiger charge is -2.37. The molecule has 22 heavy (non-hydrogen) atoms. The fourth-order valence-electron chi connectivity index (χ4n) is 4.01. The fraction of sp³-hybridized carbons (Fsp3) is 0.944. The number of carbonyl (C=O) groups excluding carboxylic acids is 1. The number of rotatable bonds is 6. The Morgan fingerprint density at radius 2 is 1.91 bits per heavy atom. The molecule has 1 aliphatic carbocycles. The molecule has 4 nitrogen and oxygen atoms in total. The van der Waals surface area contributed by atoms with Crippen molar-refractivity contribution in [3.8, 4) is 0 Å². The summed E-state index contributed by atoms with van der Waals surface area (Å²) in [6.45, 7) is 6.66. The first-order valence-corrected chi connectivity index (χ1v) is 9.27. The fourth-order valence-corrected chi connectivity index (χ4v) is 4.01. The molecule has 128 valence electrons. The van der Waals surface area contributed by atoms with E-state index in [0.717, 1.165) is 51.1 Å². The van der Waals surface area contributed by atoms with Gasteiger partial charge in [-0.2, -0.15) is 0 Å². The summed E-state index contributed by atoms with van der Waals surface area (Å²) in [4.78, 5) is 14.9. The highest BCUT2D eigenvalue weighted by molar-refractivity contribution is 5.81. The molecule has 0 aromatic rings. The average molecular weight is 310 g/mol. The second kappa shape index (κ2) is 8.88. The minimum absolute atomic E-state index is 0.00656. The van der Waals surface area contributed by atoms with E-state index in [2.05, 4.69) is 24.1 Å². The Morgan fingerprint density at radius 1 is 1.23 bits per heavy atom. The molecule has 2 aliphatic rings. The van der Waals surface area contributed by atoms with E-state index in [1.807, 2.05) is 0 Å². The van der Waals surface area contributed by atoms with Gasteiger partial charge in [0.05, 0.1) is 6.04 Å². The summed E-state index contributed by atoms with van der Waals surface area (Å²) < 4.78 is 0. The molecule has 0 aromatic heterocycles. The predicted octanol–water partition coefficient (Wildman–Crippen LogP) is 2.55. The van der Waals surface area contributed by atoms with Crippen molar-refractivity contribution in [2.75, 3.05) is 19.7 Å². The summed E-state index contributed by atoms with van der Waals surface area (Å²) in [6, 6.07) is 0.374. The average Bonchev–Trinajstić information content (AvgIpc) is 2.55. The molecule has 1 aliphatic heterocycles. The van der Waals surface area contributed by atoms with Crippen molar-refractivity contribution in [1.29, 1.82) is 0 Å². The number of nitrogens with one attached hydrogen (secondary N) is 1. The Balaban J connectivity index is 1.74. The van der Waals surface area contributed by atoms with Crippen LogP contribution < -0.4 is 5.32 Å². The van der Waals surface area contributed by atoms with Gasteiger partial charge in [0.15, 0.2) is 0 Å². The normalized spacial score (nSPS) is 29.2. The first-order valence-electron chi connectivity index (χ1n) is 9.27. The molecule has 0 bridgehead atoms. The van der Waals surface area contributed by atoms with Crippen molar-refractivity contribution >= 4 is 5.91 Å². The maximum atomic E-state index is 12.5. The molecule has 1 heterocycles. The number of nitrogens with zero attached hydrogens (tertiary/aromatic N) is 1. The molecule has 1 saturated carbocycles. The molecule has 1 amide bonds. The monoisotopic (exact) mass is 310 g/mol. The molecule has 3 atom stereocenters. The summed E-state index contributed by atoms with van der Waals surface area (Å²) in [5, 5.41) is 12.2. The van der Waals surface area contributed by atoms with Crippen LogP contribution in [0, 0.1) is 11.8 Å². The highest BCUT2D eigenvalue weighted by Gasteiger charge is 2.29. The number of hydrogen-bond acceptors (Lipinski definition) is 3. The number of hydrogen-bond donors (Lipinski definition) is 2. The van der Waals surface area contributed by atoms with Crippen molar-refractivity contribution < 1.29 is 9.90 Å². The third kappa shape index (κ3) is 4.95. The third-order valence-corrected chi connectivity index (χ3v) is 5.79.